The Balaban J connectivity index is 0. The van der Waals surface area contributed by atoms with Crippen LogP contribution in [0.1, 0.15) is 41.5 Å². The number of rotatable bonds is 3. The molecule has 13 heavy (non-hydrogen) atoms. The lowest BCUT2D eigenvalue weighted by Gasteiger charge is -2.02. The highest BCUT2D eigenvalue weighted by Gasteiger charge is 1.96. The lowest BCUT2D eigenvalue weighted by atomic mass is 10.1. The second-order valence-electron chi connectivity index (χ2n) is 2.66. The first-order chi connectivity index (χ1) is 6.22. The van der Waals surface area contributed by atoms with Gasteiger partial charge in [0.15, 0.2) is 0 Å². The van der Waals surface area contributed by atoms with Crippen LogP contribution >= 0.6 is 0 Å². The van der Waals surface area contributed by atoms with E-state index in [1.54, 1.807) is 0 Å². The Morgan fingerprint density at radius 3 is 2.00 bits per heavy atom. The molecule has 0 radical (unpaired) electrons. The zero-order valence-electron chi connectivity index (χ0n) is 9.83. The van der Waals surface area contributed by atoms with Crippen molar-refractivity contribution in [3.05, 3.63) is 23.9 Å². The van der Waals surface area contributed by atoms with Gasteiger partial charge in [-0.3, -0.25) is 4.99 Å². The van der Waals surface area contributed by atoms with Crippen molar-refractivity contribution in [3.63, 3.8) is 0 Å². The van der Waals surface area contributed by atoms with Gasteiger partial charge in [0, 0.05) is 11.9 Å². The van der Waals surface area contributed by atoms with Crippen LogP contribution in [0.2, 0.25) is 0 Å². The lowest BCUT2D eigenvalue weighted by Crippen LogP contribution is -1.89. The van der Waals surface area contributed by atoms with Crippen molar-refractivity contribution in [2.24, 2.45) is 10.9 Å². The third-order valence-electron chi connectivity index (χ3n) is 1.33. The van der Waals surface area contributed by atoms with Gasteiger partial charge < -0.3 is 0 Å². The Hall–Kier alpha value is -0.850. The summed E-state index contributed by atoms with van der Waals surface area (Å²) in [6, 6.07) is 0. The molecule has 0 unspecified atom stereocenters. The number of allylic oxidation sites excluding steroid dienone is 4. The maximum Gasteiger partial charge on any atom is 0.0424 e. The standard InChI is InChI=1S/C10H17N.C2H6/c1-5-7-8-10(9(3)4)11-6-2;1-2/h5-9H,1-4H3;1-2H3/b7-5-,10-8-,11-6?;. The molecule has 0 fully saturated rings. The van der Waals surface area contributed by atoms with Crippen LogP contribution in [0.5, 0.6) is 0 Å². The Labute approximate surface area is 83.3 Å². The van der Waals surface area contributed by atoms with Crippen LogP contribution < -0.4 is 0 Å². The molecule has 0 aromatic carbocycles. The molecule has 0 saturated heterocycles. The molecule has 76 valence electrons. The van der Waals surface area contributed by atoms with Crippen LogP contribution in [0.4, 0.5) is 0 Å². The molecule has 0 rings (SSSR count). The highest BCUT2D eigenvalue weighted by Crippen LogP contribution is 2.10. The SMILES string of the molecule is CC.CC=N/C(=C\C=C/C)C(C)C. The highest BCUT2D eigenvalue weighted by molar-refractivity contribution is 5.55. The predicted molar refractivity (Wildman–Crippen MR) is 63.2 cm³/mol. The second-order valence-corrected chi connectivity index (χ2v) is 2.66. The van der Waals surface area contributed by atoms with Gasteiger partial charge in [-0.1, -0.05) is 39.8 Å². The molecule has 1 nitrogen and oxygen atoms in total. The van der Waals surface area contributed by atoms with Crippen LogP contribution in [0, 0.1) is 5.92 Å². The number of hydrogen-bond acceptors (Lipinski definition) is 1. The van der Waals surface area contributed by atoms with E-state index < -0.39 is 0 Å². The number of nitrogens with zero attached hydrogens (tertiary/aromatic N) is 1. The van der Waals surface area contributed by atoms with Crippen LogP contribution in [-0.4, -0.2) is 6.21 Å². The predicted octanol–water partition coefficient (Wildman–Crippen LogP) is 4.22. The van der Waals surface area contributed by atoms with E-state index in [1.807, 2.05) is 52.1 Å². The maximum atomic E-state index is 4.25. The van der Waals surface area contributed by atoms with Gasteiger partial charge in [-0.15, -0.1) is 0 Å². The maximum absolute atomic E-state index is 4.25. The Kier molecular flexibility index (Phi) is 12.6. The summed E-state index contributed by atoms with van der Waals surface area (Å²) in [5.74, 6) is 0.502. The van der Waals surface area contributed by atoms with Crippen LogP contribution in [-0.2, 0) is 0 Å². The van der Waals surface area contributed by atoms with E-state index in [0.29, 0.717) is 5.92 Å². The molecule has 0 aliphatic heterocycles. The van der Waals surface area contributed by atoms with Crippen molar-refractivity contribution in [1.82, 2.24) is 0 Å². The van der Waals surface area contributed by atoms with Crippen molar-refractivity contribution >= 4 is 6.21 Å². The van der Waals surface area contributed by atoms with E-state index in [4.69, 9.17) is 0 Å². The van der Waals surface area contributed by atoms with Gasteiger partial charge in [0.1, 0.15) is 0 Å². The van der Waals surface area contributed by atoms with Crippen molar-refractivity contribution < 1.29 is 0 Å². The summed E-state index contributed by atoms with van der Waals surface area (Å²) in [5, 5.41) is 0. The van der Waals surface area contributed by atoms with Crippen LogP contribution in [0.3, 0.4) is 0 Å². The highest BCUT2D eigenvalue weighted by atomic mass is 14.7. The van der Waals surface area contributed by atoms with Crippen molar-refractivity contribution in [1.29, 1.82) is 0 Å². The minimum atomic E-state index is 0.502. The van der Waals surface area contributed by atoms with Crippen LogP contribution in [0.25, 0.3) is 0 Å². The molecule has 0 aliphatic rings. The van der Waals surface area contributed by atoms with E-state index in [0.717, 1.165) is 5.70 Å². The fourth-order valence-corrected chi connectivity index (χ4v) is 0.728. The number of hydrogen-bond donors (Lipinski definition) is 0. The first kappa shape index (κ1) is 14.7. The topological polar surface area (TPSA) is 12.4 Å². The van der Waals surface area contributed by atoms with E-state index in [9.17, 15) is 0 Å². The molecule has 0 heterocycles. The molecule has 0 aromatic rings. The largest absolute Gasteiger partial charge is 0.266 e. The molecule has 0 bridgehead atoms. The van der Waals surface area contributed by atoms with Gasteiger partial charge in [-0.05, 0) is 25.8 Å². The molecular weight excluding hydrogens is 158 g/mol. The quantitative estimate of drug-likeness (QED) is 0.456. The van der Waals surface area contributed by atoms with E-state index in [2.05, 4.69) is 18.8 Å². The van der Waals surface area contributed by atoms with Crippen LogP contribution in [0.15, 0.2) is 28.9 Å². The van der Waals surface area contributed by atoms with Gasteiger partial charge in [-0.25, -0.2) is 0 Å². The Morgan fingerprint density at radius 1 is 1.15 bits per heavy atom. The van der Waals surface area contributed by atoms with Gasteiger partial charge in [0.25, 0.3) is 0 Å². The first-order valence-electron chi connectivity index (χ1n) is 5.04. The molecule has 0 atom stereocenters. The molecule has 1 heteroatoms. The van der Waals surface area contributed by atoms with E-state index in [1.165, 1.54) is 0 Å². The summed E-state index contributed by atoms with van der Waals surface area (Å²) in [6.07, 6.45) is 7.90. The zero-order chi connectivity index (χ0) is 10.7. The van der Waals surface area contributed by atoms with Crippen molar-refractivity contribution in [2.75, 3.05) is 0 Å². The molecule has 0 aliphatic carbocycles. The normalized spacial score (nSPS) is 12.4. The molecule has 0 aromatic heterocycles. The van der Waals surface area contributed by atoms with Crippen molar-refractivity contribution in [2.45, 2.75) is 41.5 Å². The molecule has 0 N–H and O–H groups in total. The summed E-state index contributed by atoms with van der Waals surface area (Å²) >= 11 is 0. The zero-order valence-corrected chi connectivity index (χ0v) is 9.83. The first-order valence-corrected chi connectivity index (χ1v) is 5.04. The van der Waals surface area contributed by atoms with Gasteiger partial charge >= 0.3 is 0 Å². The average Bonchev–Trinajstić information content (AvgIpc) is 2.15. The monoisotopic (exact) mass is 181 g/mol. The Morgan fingerprint density at radius 2 is 1.69 bits per heavy atom. The van der Waals surface area contributed by atoms with E-state index in [-0.39, 0.29) is 0 Å². The van der Waals surface area contributed by atoms with Gasteiger partial charge in [-0.2, -0.15) is 0 Å². The Bertz CT molecular complexity index is 174. The summed E-state index contributed by atoms with van der Waals surface area (Å²) in [6.45, 7) is 12.2. The van der Waals surface area contributed by atoms with Crippen molar-refractivity contribution in [3.8, 4) is 0 Å². The number of aliphatic imine (C=N–C) groups is 1. The molecule has 0 saturated carbocycles. The lowest BCUT2D eigenvalue weighted by molar-refractivity contribution is 0.759. The summed E-state index contributed by atoms with van der Waals surface area (Å²) in [4.78, 5) is 4.25. The second kappa shape index (κ2) is 11.2. The average molecular weight is 181 g/mol. The molecular formula is C12H23N. The molecule has 0 spiro atoms. The van der Waals surface area contributed by atoms with E-state index >= 15 is 0 Å². The smallest absolute Gasteiger partial charge is 0.0424 e. The fraction of sp³-hybridized carbons (Fsp3) is 0.583. The summed E-state index contributed by atoms with van der Waals surface area (Å²) < 4.78 is 0. The fourth-order valence-electron chi connectivity index (χ4n) is 0.728. The molecule has 0 amide bonds. The van der Waals surface area contributed by atoms with Gasteiger partial charge in [0.05, 0.1) is 0 Å². The van der Waals surface area contributed by atoms with Gasteiger partial charge in [0.2, 0.25) is 0 Å². The third kappa shape index (κ3) is 9.06. The summed E-state index contributed by atoms with van der Waals surface area (Å²) in [5.41, 5.74) is 1.13. The minimum Gasteiger partial charge on any atom is -0.266 e. The third-order valence-corrected chi connectivity index (χ3v) is 1.33. The minimum absolute atomic E-state index is 0.502. The summed E-state index contributed by atoms with van der Waals surface area (Å²) in [7, 11) is 0.